The van der Waals surface area contributed by atoms with Crippen LogP contribution in [0.5, 0.6) is 0 Å². The molecule has 0 radical (unpaired) electrons. The third-order valence-corrected chi connectivity index (χ3v) is 4.25. The standard InChI is InChI=1S/C10H17N3O4S/c1-4-8-11-7-9(12-8)18(15,16)13(2)6-5-10(14)17-3/h7H,4-6H2,1-3H3,(H,11,12). The van der Waals surface area contributed by atoms with Gasteiger partial charge in [-0.1, -0.05) is 6.92 Å². The van der Waals surface area contributed by atoms with Gasteiger partial charge in [0.05, 0.1) is 19.7 Å². The molecule has 8 heteroatoms. The van der Waals surface area contributed by atoms with E-state index in [9.17, 15) is 13.2 Å². The molecule has 0 amide bonds. The zero-order valence-corrected chi connectivity index (χ0v) is 11.5. The van der Waals surface area contributed by atoms with Crippen LogP contribution in [0, 0.1) is 0 Å². The Morgan fingerprint density at radius 2 is 2.22 bits per heavy atom. The van der Waals surface area contributed by atoms with E-state index in [0.29, 0.717) is 12.2 Å². The first-order valence-electron chi connectivity index (χ1n) is 5.48. The number of aromatic nitrogens is 2. The lowest BCUT2D eigenvalue weighted by Gasteiger charge is -2.14. The van der Waals surface area contributed by atoms with Crippen molar-refractivity contribution in [2.45, 2.75) is 24.8 Å². The van der Waals surface area contributed by atoms with Crippen LogP contribution in [0.15, 0.2) is 11.2 Å². The highest BCUT2D eigenvalue weighted by atomic mass is 32.2. The summed E-state index contributed by atoms with van der Waals surface area (Å²) in [5.41, 5.74) is 0. The zero-order chi connectivity index (χ0) is 13.8. The molecule has 0 atom stereocenters. The van der Waals surface area contributed by atoms with E-state index < -0.39 is 16.0 Å². The third kappa shape index (κ3) is 3.30. The number of aromatic amines is 1. The summed E-state index contributed by atoms with van der Waals surface area (Å²) in [6.07, 6.45) is 1.92. The molecule has 0 fully saturated rings. The summed E-state index contributed by atoms with van der Waals surface area (Å²) in [5, 5.41) is 0.0340. The van der Waals surface area contributed by atoms with Gasteiger partial charge in [0.2, 0.25) is 0 Å². The number of nitrogens with zero attached hydrogens (tertiary/aromatic N) is 2. The molecule has 1 aromatic heterocycles. The van der Waals surface area contributed by atoms with Crippen LogP contribution in [0.2, 0.25) is 0 Å². The molecule has 0 saturated carbocycles. The van der Waals surface area contributed by atoms with E-state index in [1.165, 1.54) is 20.4 Å². The van der Waals surface area contributed by atoms with Crippen molar-refractivity contribution >= 4 is 16.0 Å². The Hall–Kier alpha value is -1.41. The summed E-state index contributed by atoms with van der Waals surface area (Å²) in [4.78, 5) is 17.6. The summed E-state index contributed by atoms with van der Waals surface area (Å²) in [5.74, 6) is 0.158. The predicted molar refractivity (Wildman–Crippen MR) is 64.4 cm³/mol. The van der Waals surface area contributed by atoms with Crippen LogP contribution in [-0.4, -0.2) is 49.4 Å². The number of methoxy groups -OCH3 is 1. The minimum Gasteiger partial charge on any atom is -0.469 e. The summed E-state index contributed by atoms with van der Waals surface area (Å²) in [6.45, 7) is 1.94. The molecule has 0 aliphatic heterocycles. The Labute approximate surface area is 106 Å². The van der Waals surface area contributed by atoms with Crippen LogP contribution in [-0.2, 0) is 26.0 Å². The van der Waals surface area contributed by atoms with Crippen LogP contribution in [0.25, 0.3) is 0 Å². The zero-order valence-electron chi connectivity index (χ0n) is 10.6. The second-order valence-electron chi connectivity index (χ2n) is 3.70. The SMILES string of the molecule is CCc1ncc(S(=O)(=O)N(C)CCC(=O)OC)[nH]1. The van der Waals surface area contributed by atoms with Crippen molar-refractivity contribution in [2.75, 3.05) is 20.7 Å². The van der Waals surface area contributed by atoms with Crippen LogP contribution in [0.3, 0.4) is 0 Å². The smallest absolute Gasteiger partial charge is 0.306 e. The Kier molecular flexibility index (Phi) is 4.85. The number of ether oxygens (including phenoxy) is 1. The molecule has 0 unspecified atom stereocenters. The molecule has 1 rings (SSSR count). The normalized spacial score (nSPS) is 11.8. The summed E-state index contributed by atoms with van der Waals surface area (Å²) in [6, 6.07) is 0. The van der Waals surface area contributed by atoms with Crippen LogP contribution in [0.1, 0.15) is 19.2 Å². The van der Waals surface area contributed by atoms with Crippen LogP contribution < -0.4 is 0 Å². The fourth-order valence-electron chi connectivity index (χ4n) is 1.29. The molecule has 18 heavy (non-hydrogen) atoms. The van der Waals surface area contributed by atoms with Crippen molar-refractivity contribution in [3.05, 3.63) is 12.0 Å². The van der Waals surface area contributed by atoms with Gasteiger partial charge in [-0.2, -0.15) is 4.31 Å². The fraction of sp³-hybridized carbons (Fsp3) is 0.600. The lowest BCUT2D eigenvalue weighted by Crippen LogP contribution is -2.29. The van der Waals surface area contributed by atoms with Gasteiger partial charge in [0.25, 0.3) is 10.0 Å². The lowest BCUT2D eigenvalue weighted by atomic mass is 10.4. The number of imidazole rings is 1. The molecule has 1 aromatic rings. The molecule has 7 nitrogen and oxygen atoms in total. The first kappa shape index (κ1) is 14.7. The van der Waals surface area contributed by atoms with E-state index in [-0.39, 0.29) is 18.0 Å². The van der Waals surface area contributed by atoms with Gasteiger partial charge in [-0.3, -0.25) is 4.79 Å². The lowest BCUT2D eigenvalue weighted by molar-refractivity contribution is -0.140. The number of H-pyrrole nitrogens is 1. The average molecular weight is 275 g/mol. The van der Waals surface area contributed by atoms with Crippen LogP contribution >= 0.6 is 0 Å². The van der Waals surface area contributed by atoms with E-state index >= 15 is 0 Å². The van der Waals surface area contributed by atoms with E-state index in [1.54, 1.807) is 0 Å². The van der Waals surface area contributed by atoms with Gasteiger partial charge in [0.1, 0.15) is 5.82 Å². The van der Waals surface area contributed by atoms with Crippen LogP contribution in [0.4, 0.5) is 0 Å². The molecular weight excluding hydrogens is 258 g/mol. The monoisotopic (exact) mass is 275 g/mol. The number of rotatable bonds is 6. The van der Waals surface area contributed by atoms with E-state index in [0.717, 1.165) is 4.31 Å². The molecule has 0 aliphatic rings. The minimum absolute atomic E-state index is 0.0149. The second kappa shape index (κ2) is 5.96. The van der Waals surface area contributed by atoms with E-state index in [1.807, 2.05) is 6.92 Å². The van der Waals surface area contributed by atoms with Crippen molar-refractivity contribution in [1.82, 2.24) is 14.3 Å². The Morgan fingerprint density at radius 3 is 2.72 bits per heavy atom. The number of aryl methyl sites for hydroxylation is 1. The highest BCUT2D eigenvalue weighted by molar-refractivity contribution is 7.89. The van der Waals surface area contributed by atoms with Gasteiger partial charge in [0, 0.05) is 20.0 Å². The number of hydrogen-bond acceptors (Lipinski definition) is 5. The topological polar surface area (TPSA) is 92.4 Å². The predicted octanol–water partition coefficient (Wildman–Crippen LogP) is 0.156. The van der Waals surface area contributed by atoms with Crippen molar-refractivity contribution in [2.24, 2.45) is 0 Å². The molecule has 102 valence electrons. The summed E-state index contributed by atoms with van der Waals surface area (Å²) >= 11 is 0. The van der Waals surface area contributed by atoms with E-state index in [2.05, 4.69) is 14.7 Å². The number of nitrogens with one attached hydrogen (secondary N) is 1. The van der Waals surface area contributed by atoms with Gasteiger partial charge in [-0.05, 0) is 0 Å². The molecular formula is C10H17N3O4S. The minimum atomic E-state index is -3.62. The Balaban J connectivity index is 2.76. The quantitative estimate of drug-likeness (QED) is 0.746. The third-order valence-electron chi connectivity index (χ3n) is 2.49. The van der Waals surface area contributed by atoms with Crippen molar-refractivity contribution < 1.29 is 17.9 Å². The largest absolute Gasteiger partial charge is 0.469 e. The Bertz CT molecular complexity index is 509. The maximum Gasteiger partial charge on any atom is 0.306 e. The highest BCUT2D eigenvalue weighted by Gasteiger charge is 2.23. The Morgan fingerprint density at radius 1 is 1.56 bits per heavy atom. The average Bonchev–Trinajstić information content (AvgIpc) is 2.84. The van der Waals surface area contributed by atoms with Crippen molar-refractivity contribution in [3.63, 3.8) is 0 Å². The molecule has 0 aromatic carbocycles. The molecule has 0 aliphatic carbocycles. The number of sulfonamides is 1. The first-order valence-corrected chi connectivity index (χ1v) is 6.92. The summed E-state index contributed by atoms with van der Waals surface area (Å²) in [7, 11) is -0.954. The molecule has 0 bridgehead atoms. The number of esters is 1. The van der Waals surface area contributed by atoms with Gasteiger partial charge in [-0.25, -0.2) is 13.4 Å². The van der Waals surface area contributed by atoms with Gasteiger partial charge in [0.15, 0.2) is 5.03 Å². The van der Waals surface area contributed by atoms with Gasteiger partial charge < -0.3 is 9.72 Å². The number of carbonyl (C=O) groups is 1. The maximum absolute atomic E-state index is 12.1. The molecule has 1 heterocycles. The molecule has 0 spiro atoms. The van der Waals surface area contributed by atoms with Crippen molar-refractivity contribution in [3.8, 4) is 0 Å². The highest BCUT2D eigenvalue weighted by Crippen LogP contribution is 2.12. The molecule has 0 saturated heterocycles. The van der Waals surface area contributed by atoms with E-state index in [4.69, 9.17) is 0 Å². The first-order chi connectivity index (χ1) is 8.41. The second-order valence-corrected chi connectivity index (χ2v) is 5.71. The fourth-order valence-corrected chi connectivity index (χ4v) is 2.39. The molecule has 1 N–H and O–H groups in total. The van der Waals surface area contributed by atoms with Gasteiger partial charge >= 0.3 is 5.97 Å². The van der Waals surface area contributed by atoms with Gasteiger partial charge in [-0.15, -0.1) is 0 Å². The maximum atomic E-state index is 12.1. The number of hydrogen-bond donors (Lipinski definition) is 1. The number of carbonyl (C=O) groups excluding carboxylic acids is 1. The van der Waals surface area contributed by atoms with Crippen molar-refractivity contribution in [1.29, 1.82) is 0 Å². The summed E-state index contributed by atoms with van der Waals surface area (Å²) < 4.78 is 29.7.